The van der Waals surface area contributed by atoms with Crippen molar-refractivity contribution in [3.05, 3.63) is 27.7 Å². The normalized spacial score (nSPS) is 9.64. The molecule has 0 aliphatic rings. The molecule has 0 saturated heterocycles. The summed E-state index contributed by atoms with van der Waals surface area (Å²) in [4.78, 5) is 11.0. The summed E-state index contributed by atoms with van der Waals surface area (Å²) < 4.78 is 0.880. The smallest absolute Gasteiger partial charge is 0.239 e. The number of rotatable bonds is 3. The largest absolute Gasteiger partial charge is 0.375 e. The third kappa shape index (κ3) is 3.20. The molecule has 76 valence electrons. The van der Waals surface area contributed by atoms with Crippen LogP contribution in [-0.4, -0.2) is 19.5 Å². The Bertz CT molecular complexity index is 344. The molecule has 1 amide bonds. The fourth-order valence-corrected chi connectivity index (χ4v) is 1.46. The van der Waals surface area contributed by atoms with Crippen LogP contribution in [0.15, 0.2) is 22.7 Å². The highest BCUT2D eigenvalue weighted by atomic mass is 79.9. The molecule has 0 heterocycles. The molecule has 1 aromatic rings. The molecule has 0 fully saturated rings. The lowest BCUT2D eigenvalue weighted by atomic mass is 10.3. The van der Waals surface area contributed by atoms with Gasteiger partial charge in [-0.2, -0.15) is 0 Å². The van der Waals surface area contributed by atoms with Crippen LogP contribution >= 0.6 is 27.5 Å². The van der Waals surface area contributed by atoms with E-state index < -0.39 is 0 Å². The van der Waals surface area contributed by atoms with Crippen molar-refractivity contribution in [2.24, 2.45) is 0 Å². The molecule has 3 nitrogen and oxygen atoms in total. The molecule has 0 radical (unpaired) electrons. The maximum Gasteiger partial charge on any atom is 0.239 e. The number of benzene rings is 1. The fourth-order valence-electron chi connectivity index (χ4n) is 0.897. The molecule has 1 rings (SSSR count). The van der Waals surface area contributed by atoms with Crippen molar-refractivity contribution in [3.8, 4) is 0 Å². The van der Waals surface area contributed by atoms with E-state index in [-0.39, 0.29) is 12.5 Å². The maximum absolute atomic E-state index is 11.0. The number of nitrogens with one attached hydrogen (secondary N) is 2. The minimum Gasteiger partial charge on any atom is -0.375 e. The second-order valence-corrected chi connectivity index (χ2v) is 3.94. The Hall–Kier alpha value is -0.740. The third-order valence-corrected chi connectivity index (χ3v) is 2.57. The van der Waals surface area contributed by atoms with Crippen molar-refractivity contribution >= 4 is 39.1 Å². The third-order valence-electron chi connectivity index (χ3n) is 1.65. The quantitative estimate of drug-likeness (QED) is 0.890. The highest BCUT2D eigenvalue weighted by Crippen LogP contribution is 2.25. The SMILES string of the molecule is CNC(=O)CNc1cc(Cl)ccc1Br. The molecule has 0 spiro atoms. The van der Waals surface area contributed by atoms with Crippen LogP contribution in [0.2, 0.25) is 5.02 Å². The second kappa shape index (κ2) is 5.22. The van der Waals surface area contributed by atoms with Gasteiger partial charge in [0.1, 0.15) is 0 Å². The Morgan fingerprint density at radius 3 is 2.93 bits per heavy atom. The summed E-state index contributed by atoms with van der Waals surface area (Å²) in [5.41, 5.74) is 0.807. The van der Waals surface area contributed by atoms with Gasteiger partial charge in [-0.25, -0.2) is 0 Å². The Morgan fingerprint density at radius 1 is 1.57 bits per heavy atom. The first-order valence-corrected chi connectivity index (χ1v) is 5.20. The van der Waals surface area contributed by atoms with Gasteiger partial charge in [0.15, 0.2) is 0 Å². The number of hydrogen-bond donors (Lipinski definition) is 2. The van der Waals surface area contributed by atoms with E-state index in [1.54, 1.807) is 19.2 Å². The van der Waals surface area contributed by atoms with E-state index >= 15 is 0 Å². The summed E-state index contributed by atoms with van der Waals surface area (Å²) in [6, 6.07) is 5.36. The number of hydrogen-bond acceptors (Lipinski definition) is 2. The standard InChI is InChI=1S/C9H10BrClN2O/c1-12-9(14)5-13-8-4-6(11)2-3-7(8)10/h2-4,13H,5H2,1H3,(H,12,14). The van der Waals surface area contributed by atoms with E-state index in [0.717, 1.165) is 10.2 Å². The van der Waals surface area contributed by atoms with Gasteiger partial charge >= 0.3 is 0 Å². The Morgan fingerprint density at radius 2 is 2.29 bits per heavy atom. The molecule has 0 saturated carbocycles. The van der Waals surface area contributed by atoms with Crippen LogP contribution in [0.4, 0.5) is 5.69 Å². The Labute approximate surface area is 96.0 Å². The highest BCUT2D eigenvalue weighted by molar-refractivity contribution is 9.10. The zero-order valence-electron chi connectivity index (χ0n) is 7.60. The lowest BCUT2D eigenvalue weighted by molar-refractivity contribution is -0.118. The van der Waals surface area contributed by atoms with Crippen LogP contribution in [0.5, 0.6) is 0 Å². The topological polar surface area (TPSA) is 41.1 Å². The van der Waals surface area contributed by atoms with Crippen molar-refractivity contribution in [3.63, 3.8) is 0 Å². The minimum absolute atomic E-state index is 0.0723. The summed E-state index contributed by atoms with van der Waals surface area (Å²) in [6.07, 6.45) is 0. The molecule has 0 bridgehead atoms. The van der Waals surface area contributed by atoms with Crippen LogP contribution in [0.25, 0.3) is 0 Å². The molecule has 0 aliphatic carbocycles. The lowest BCUT2D eigenvalue weighted by Gasteiger charge is -2.07. The predicted molar refractivity (Wildman–Crippen MR) is 61.7 cm³/mol. The van der Waals surface area contributed by atoms with Crippen molar-refractivity contribution < 1.29 is 4.79 Å². The molecule has 14 heavy (non-hydrogen) atoms. The van der Waals surface area contributed by atoms with Crippen LogP contribution in [-0.2, 0) is 4.79 Å². The number of amides is 1. The van der Waals surface area contributed by atoms with Gasteiger partial charge in [-0.3, -0.25) is 4.79 Å². The van der Waals surface area contributed by atoms with Gasteiger partial charge in [0.05, 0.1) is 12.2 Å². The van der Waals surface area contributed by atoms with Crippen LogP contribution < -0.4 is 10.6 Å². The molecular weight excluding hydrogens is 267 g/mol. The van der Waals surface area contributed by atoms with Crippen LogP contribution in [0, 0.1) is 0 Å². The van der Waals surface area contributed by atoms with Gasteiger partial charge < -0.3 is 10.6 Å². The average molecular weight is 278 g/mol. The minimum atomic E-state index is -0.0723. The second-order valence-electron chi connectivity index (χ2n) is 2.65. The first-order valence-electron chi connectivity index (χ1n) is 4.03. The summed E-state index contributed by atoms with van der Waals surface area (Å²) in [7, 11) is 1.59. The zero-order valence-corrected chi connectivity index (χ0v) is 9.95. The monoisotopic (exact) mass is 276 g/mol. The molecule has 2 N–H and O–H groups in total. The van der Waals surface area contributed by atoms with E-state index in [0.29, 0.717) is 5.02 Å². The van der Waals surface area contributed by atoms with Crippen LogP contribution in [0.3, 0.4) is 0 Å². The van der Waals surface area contributed by atoms with E-state index in [1.807, 2.05) is 6.07 Å². The molecular formula is C9H10BrClN2O. The van der Waals surface area contributed by atoms with Gasteiger partial charge in [-0.05, 0) is 34.1 Å². The fraction of sp³-hybridized carbons (Fsp3) is 0.222. The van der Waals surface area contributed by atoms with Crippen molar-refractivity contribution in [1.29, 1.82) is 0 Å². The predicted octanol–water partition coefficient (Wildman–Crippen LogP) is 2.26. The molecule has 1 aromatic carbocycles. The van der Waals surface area contributed by atoms with E-state index in [4.69, 9.17) is 11.6 Å². The summed E-state index contributed by atoms with van der Waals surface area (Å²) in [6.45, 7) is 0.232. The van der Waals surface area contributed by atoms with Gasteiger partial charge in [-0.1, -0.05) is 11.6 Å². The molecule has 0 unspecified atom stereocenters. The van der Waals surface area contributed by atoms with Crippen molar-refractivity contribution in [2.75, 3.05) is 18.9 Å². The van der Waals surface area contributed by atoms with Gasteiger partial charge in [0.2, 0.25) is 5.91 Å². The summed E-state index contributed by atoms with van der Waals surface area (Å²) in [5, 5.41) is 6.11. The first-order chi connectivity index (χ1) is 6.63. The Kier molecular flexibility index (Phi) is 4.22. The van der Waals surface area contributed by atoms with Gasteiger partial charge in [-0.15, -0.1) is 0 Å². The lowest BCUT2D eigenvalue weighted by Crippen LogP contribution is -2.26. The molecule has 5 heteroatoms. The highest BCUT2D eigenvalue weighted by Gasteiger charge is 2.02. The van der Waals surface area contributed by atoms with E-state index in [1.165, 1.54) is 0 Å². The molecule has 0 aromatic heterocycles. The molecule has 0 atom stereocenters. The first kappa shape index (κ1) is 11.3. The van der Waals surface area contributed by atoms with Crippen LogP contribution in [0.1, 0.15) is 0 Å². The number of carbonyl (C=O) groups is 1. The van der Waals surface area contributed by atoms with E-state index in [2.05, 4.69) is 26.6 Å². The average Bonchev–Trinajstić information content (AvgIpc) is 2.19. The summed E-state index contributed by atoms with van der Waals surface area (Å²) in [5.74, 6) is -0.0723. The number of halogens is 2. The maximum atomic E-state index is 11.0. The van der Waals surface area contributed by atoms with Crippen molar-refractivity contribution in [1.82, 2.24) is 5.32 Å². The number of likely N-dealkylation sites (N-methyl/N-ethyl adjacent to an activating group) is 1. The number of anilines is 1. The van der Waals surface area contributed by atoms with E-state index in [9.17, 15) is 4.79 Å². The molecule has 0 aliphatic heterocycles. The van der Waals surface area contributed by atoms with Crippen molar-refractivity contribution in [2.45, 2.75) is 0 Å². The number of carbonyl (C=O) groups excluding carboxylic acids is 1. The Balaban J connectivity index is 2.66. The van der Waals surface area contributed by atoms with Gasteiger partial charge in [0.25, 0.3) is 0 Å². The zero-order chi connectivity index (χ0) is 10.6. The summed E-state index contributed by atoms with van der Waals surface area (Å²) >= 11 is 9.15. The van der Waals surface area contributed by atoms with Gasteiger partial charge in [0, 0.05) is 16.5 Å².